The zero-order valence-electron chi connectivity index (χ0n) is 9.73. The summed E-state index contributed by atoms with van der Waals surface area (Å²) in [4.78, 5) is 4.10. The summed E-state index contributed by atoms with van der Waals surface area (Å²) >= 11 is 0. The number of hydrogen-bond donors (Lipinski definition) is 1. The zero-order valence-corrected chi connectivity index (χ0v) is 9.73. The summed E-state index contributed by atoms with van der Waals surface area (Å²) in [7, 11) is 0. The lowest BCUT2D eigenvalue weighted by molar-refractivity contribution is 0.292. The lowest BCUT2D eigenvalue weighted by Crippen LogP contribution is -2.28. The Morgan fingerprint density at radius 3 is 3.18 bits per heavy atom. The fraction of sp³-hybridized carbons (Fsp3) is 0.462. The molecule has 1 aromatic rings. The van der Waals surface area contributed by atoms with E-state index >= 15 is 0 Å². The van der Waals surface area contributed by atoms with Crippen molar-refractivity contribution >= 4 is 0 Å². The van der Waals surface area contributed by atoms with Gasteiger partial charge in [0, 0.05) is 12.7 Å². The van der Waals surface area contributed by atoms with E-state index < -0.39 is 0 Å². The van der Waals surface area contributed by atoms with E-state index in [-0.39, 0.29) is 12.7 Å². The van der Waals surface area contributed by atoms with Crippen LogP contribution in [-0.4, -0.2) is 30.9 Å². The van der Waals surface area contributed by atoms with Crippen LogP contribution in [0, 0.1) is 0 Å². The molecule has 0 bridgehead atoms. The molecule has 0 radical (unpaired) electrons. The molecule has 0 saturated carbocycles. The summed E-state index contributed by atoms with van der Waals surface area (Å²) in [5.41, 5.74) is 1.02. The Morgan fingerprint density at radius 1 is 1.47 bits per heavy atom. The molecule has 0 aliphatic carbocycles. The van der Waals surface area contributed by atoms with Crippen LogP contribution in [0.1, 0.15) is 12.0 Å². The first kappa shape index (κ1) is 12.0. The number of ether oxygens (including phenoxy) is 1. The maximum absolute atomic E-state index is 12.1. The molecule has 0 amide bonds. The molecule has 2 rings (SSSR count). The van der Waals surface area contributed by atoms with Crippen LogP contribution in [0.15, 0.2) is 30.6 Å². The van der Waals surface area contributed by atoms with Crippen molar-refractivity contribution in [1.29, 1.82) is 0 Å². The Balaban J connectivity index is 1.84. The van der Waals surface area contributed by atoms with Crippen molar-refractivity contribution in [2.24, 2.45) is 0 Å². The van der Waals surface area contributed by atoms with E-state index in [2.05, 4.69) is 22.5 Å². The van der Waals surface area contributed by atoms with E-state index in [0.717, 1.165) is 17.9 Å². The standard InChI is InChI=1S/C13H17FN2O/c14-5-1-3-11-7-13(9-15-8-11)17-10-12-4-2-6-16-12/h2,4,7-9,12,16H,1,3,5-6,10H2/t12-/m0/s1. The third kappa shape index (κ3) is 3.82. The SMILES string of the molecule is FCCCc1cncc(OC[C@@H]2C=CCN2)c1. The monoisotopic (exact) mass is 236 g/mol. The van der Waals surface area contributed by atoms with Gasteiger partial charge in [-0.15, -0.1) is 0 Å². The normalized spacial score (nSPS) is 18.5. The fourth-order valence-electron chi connectivity index (χ4n) is 1.77. The number of pyridine rings is 1. The molecule has 3 nitrogen and oxygen atoms in total. The second-order valence-electron chi connectivity index (χ2n) is 4.08. The van der Waals surface area contributed by atoms with Crippen molar-refractivity contribution in [3.63, 3.8) is 0 Å². The van der Waals surface area contributed by atoms with Crippen molar-refractivity contribution in [3.8, 4) is 5.75 Å². The Hall–Kier alpha value is -1.42. The van der Waals surface area contributed by atoms with Crippen LogP contribution < -0.4 is 10.1 Å². The predicted octanol–water partition coefficient (Wildman–Crippen LogP) is 1.89. The highest BCUT2D eigenvalue weighted by molar-refractivity contribution is 5.24. The Bertz CT molecular complexity index is 381. The Kier molecular flexibility index (Phi) is 4.50. The Labute approximate surface area is 101 Å². The molecule has 1 aliphatic rings. The van der Waals surface area contributed by atoms with Crippen molar-refractivity contribution in [2.75, 3.05) is 19.8 Å². The molecular formula is C13H17FN2O. The van der Waals surface area contributed by atoms with E-state index in [9.17, 15) is 4.39 Å². The minimum absolute atomic E-state index is 0.282. The molecule has 0 unspecified atom stereocenters. The molecule has 92 valence electrons. The van der Waals surface area contributed by atoms with Gasteiger partial charge in [-0.3, -0.25) is 9.37 Å². The molecule has 17 heavy (non-hydrogen) atoms. The van der Waals surface area contributed by atoms with Gasteiger partial charge in [-0.25, -0.2) is 0 Å². The molecular weight excluding hydrogens is 219 g/mol. The van der Waals surface area contributed by atoms with Crippen LogP contribution in [0.2, 0.25) is 0 Å². The maximum atomic E-state index is 12.1. The molecule has 1 aliphatic heterocycles. The summed E-state index contributed by atoms with van der Waals surface area (Å²) in [6.45, 7) is 1.22. The van der Waals surface area contributed by atoms with Crippen LogP contribution >= 0.6 is 0 Å². The number of hydrogen-bond acceptors (Lipinski definition) is 3. The van der Waals surface area contributed by atoms with Gasteiger partial charge in [0.2, 0.25) is 0 Å². The van der Waals surface area contributed by atoms with Gasteiger partial charge in [-0.1, -0.05) is 12.2 Å². The van der Waals surface area contributed by atoms with Gasteiger partial charge in [-0.2, -0.15) is 0 Å². The topological polar surface area (TPSA) is 34.1 Å². The quantitative estimate of drug-likeness (QED) is 0.766. The Morgan fingerprint density at radius 2 is 2.41 bits per heavy atom. The molecule has 1 N–H and O–H groups in total. The highest BCUT2D eigenvalue weighted by Gasteiger charge is 2.08. The van der Waals surface area contributed by atoms with Crippen molar-refractivity contribution in [3.05, 3.63) is 36.2 Å². The summed E-state index contributed by atoms with van der Waals surface area (Å²) in [5.74, 6) is 0.753. The number of nitrogens with one attached hydrogen (secondary N) is 1. The molecule has 0 saturated heterocycles. The number of alkyl halides is 1. The number of aromatic nitrogens is 1. The smallest absolute Gasteiger partial charge is 0.137 e. The minimum atomic E-state index is -0.290. The van der Waals surface area contributed by atoms with Gasteiger partial charge in [0.15, 0.2) is 0 Å². The summed E-state index contributed by atoms with van der Waals surface area (Å²) in [6.07, 6.45) is 8.89. The number of rotatable bonds is 6. The molecule has 0 aromatic carbocycles. The number of halogens is 1. The minimum Gasteiger partial charge on any atom is -0.490 e. The van der Waals surface area contributed by atoms with E-state index in [1.54, 1.807) is 12.4 Å². The molecule has 2 heterocycles. The molecule has 0 fully saturated rings. The largest absolute Gasteiger partial charge is 0.490 e. The van der Waals surface area contributed by atoms with Gasteiger partial charge in [0.05, 0.1) is 18.9 Å². The summed E-state index contributed by atoms with van der Waals surface area (Å²) in [6, 6.07) is 2.21. The van der Waals surface area contributed by atoms with Crippen molar-refractivity contribution in [2.45, 2.75) is 18.9 Å². The van der Waals surface area contributed by atoms with Gasteiger partial charge >= 0.3 is 0 Å². The number of nitrogens with zero attached hydrogens (tertiary/aromatic N) is 1. The third-order valence-electron chi connectivity index (χ3n) is 2.66. The predicted molar refractivity (Wildman–Crippen MR) is 65.0 cm³/mol. The first-order valence-corrected chi connectivity index (χ1v) is 5.91. The fourth-order valence-corrected chi connectivity index (χ4v) is 1.77. The second-order valence-corrected chi connectivity index (χ2v) is 4.08. The van der Waals surface area contributed by atoms with Gasteiger partial charge in [0.1, 0.15) is 12.4 Å². The molecule has 1 atom stereocenters. The lowest BCUT2D eigenvalue weighted by Gasteiger charge is -2.11. The molecule has 4 heteroatoms. The first-order chi connectivity index (χ1) is 8.38. The van der Waals surface area contributed by atoms with Gasteiger partial charge in [0.25, 0.3) is 0 Å². The molecule has 1 aromatic heterocycles. The van der Waals surface area contributed by atoms with E-state index in [1.807, 2.05) is 6.07 Å². The summed E-state index contributed by atoms with van der Waals surface area (Å²) < 4.78 is 17.7. The van der Waals surface area contributed by atoms with Gasteiger partial charge < -0.3 is 10.1 Å². The van der Waals surface area contributed by atoms with Crippen LogP contribution in [0.5, 0.6) is 5.75 Å². The van der Waals surface area contributed by atoms with E-state index in [0.29, 0.717) is 19.4 Å². The molecule has 0 spiro atoms. The van der Waals surface area contributed by atoms with Crippen molar-refractivity contribution in [1.82, 2.24) is 10.3 Å². The van der Waals surface area contributed by atoms with Gasteiger partial charge in [-0.05, 0) is 24.5 Å². The lowest BCUT2D eigenvalue weighted by atomic mass is 10.2. The average molecular weight is 236 g/mol. The van der Waals surface area contributed by atoms with Crippen LogP contribution in [-0.2, 0) is 6.42 Å². The summed E-state index contributed by atoms with van der Waals surface area (Å²) in [5, 5.41) is 3.27. The highest BCUT2D eigenvalue weighted by atomic mass is 19.1. The zero-order chi connectivity index (χ0) is 11.9. The van der Waals surface area contributed by atoms with E-state index in [4.69, 9.17) is 4.74 Å². The van der Waals surface area contributed by atoms with Crippen molar-refractivity contribution < 1.29 is 9.13 Å². The first-order valence-electron chi connectivity index (χ1n) is 5.91. The van der Waals surface area contributed by atoms with E-state index in [1.165, 1.54) is 0 Å². The number of aryl methyl sites for hydroxylation is 1. The maximum Gasteiger partial charge on any atom is 0.137 e. The highest BCUT2D eigenvalue weighted by Crippen LogP contribution is 2.13. The average Bonchev–Trinajstić information content (AvgIpc) is 2.87. The third-order valence-corrected chi connectivity index (χ3v) is 2.66. The van der Waals surface area contributed by atoms with Crippen LogP contribution in [0.25, 0.3) is 0 Å². The van der Waals surface area contributed by atoms with Crippen LogP contribution in [0.4, 0.5) is 4.39 Å². The second kappa shape index (κ2) is 6.35. The van der Waals surface area contributed by atoms with Crippen LogP contribution in [0.3, 0.4) is 0 Å².